The van der Waals surface area contributed by atoms with Crippen molar-refractivity contribution < 1.29 is 36.6 Å². The molecule has 4 rings (SSSR count). The number of likely N-dealkylation sites (tertiary alicyclic amines) is 1. The van der Waals surface area contributed by atoms with Gasteiger partial charge >= 0.3 is 0 Å². The van der Waals surface area contributed by atoms with Gasteiger partial charge in [0.05, 0.1) is 41.5 Å². The molecule has 2 aliphatic rings. The summed E-state index contributed by atoms with van der Waals surface area (Å²) in [6, 6.07) is 5.09. The Labute approximate surface area is 223 Å². The first-order chi connectivity index (χ1) is 18.1. The molecule has 2 aliphatic heterocycles. The molecule has 2 aromatic carbocycles. The highest BCUT2D eigenvalue weighted by Crippen LogP contribution is 2.33. The number of hydrogen-bond donors (Lipinski definition) is 2. The Morgan fingerprint density at radius 1 is 1.24 bits per heavy atom. The summed E-state index contributed by atoms with van der Waals surface area (Å²) in [4.78, 5) is 28.0. The summed E-state index contributed by atoms with van der Waals surface area (Å²) in [6.07, 6.45) is 5.72. The van der Waals surface area contributed by atoms with E-state index in [0.717, 1.165) is 12.1 Å². The lowest BCUT2D eigenvalue weighted by atomic mass is 9.90. The molecule has 0 saturated carbocycles. The summed E-state index contributed by atoms with van der Waals surface area (Å²) < 4.78 is 58.9. The number of nitrogens with one attached hydrogen (secondary N) is 1. The highest BCUT2D eigenvalue weighted by atomic mass is 35.5. The lowest BCUT2D eigenvalue weighted by Crippen LogP contribution is -2.50. The minimum atomic E-state index is -3.82. The SMILES string of the molecule is C#C[C@@H]1C[C@H](C(=O)N[C@@H](c2cc(F)c(Cl)cc2F)C2COC2)N(C(=O)c2cccc(S(=O)(=O)CCO)c2)C1. The highest BCUT2D eigenvalue weighted by molar-refractivity contribution is 7.91. The van der Waals surface area contributed by atoms with Crippen molar-refractivity contribution in [3.05, 3.63) is 64.2 Å². The molecule has 0 unspecified atom stereocenters. The van der Waals surface area contributed by atoms with Gasteiger partial charge in [-0.25, -0.2) is 17.2 Å². The van der Waals surface area contributed by atoms with E-state index in [-0.39, 0.29) is 48.1 Å². The van der Waals surface area contributed by atoms with Gasteiger partial charge in [0, 0.05) is 29.5 Å². The molecule has 2 N–H and O–H groups in total. The van der Waals surface area contributed by atoms with Crippen molar-refractivity contribution in [2.45, 2.75) is 23.4 Å². The average molecular weight is 567 g/mol. The molecule has 2 heterocycles. The topological polar surface area (TPSA) is 113 Å². The molecule has 0 radical (unpaired) electrons. The zero-order valence-corrected chi connectivity index (χ0v) is 21.6. The van der Waals surface area contributed by atoms with Gasteiger partial charge in [-0.15, -0.1) is 12.3 Å². The van der Waals surface area contributed by atoms with E-state index in [1.807, 2.05) is 0 Å². The van der Waals surface area contributed by atoms with Crippen LogP contribution in [0.1, 0.15) is 28.4 Å². The summed E-state index contributed by atoms with van der Waals surface area (Å²) in [5.41, 5.74) is -0.0750. The number of rotatable bonds is 8. The summed E-state index contributed by atoms with van der Waals surface area (Å²) in [5.74, 6) is -1.62. The van der Waals surface area contributed by atoms with Gasteiger partial charge in [0.2, 0.25) is 5.91 Å². The number of aliphatic hydroxyl groups excluding tert-OH is 1. The second-order valence-corrected chi connectivity index (χ2v) is 11.7. The normalized spacial score (nSPS) is 20.4. The molecule has 2 saturated heterocycles. The van der Waals surface area contributed by atoms with Gasteiger partial charge in [-0.1, -0.05) is 17.7 Å². The largest absolute Gasteiger partial charge is 0.395 e. The minimum absolute atomic E-state index is 0.0224. The Morgan fingerprint density at radius 3 is 2.61 bits per heavy atom. The molecule has 2 aromatic rings. The van der Waals surface area contributed by atoms with Crippen LogP contribution in [0, 0.1) is 35.8 Å². The van der Waals surface area contributed by atoms with Crippen LogP contribution in [0.4, 0.5) is 8.78 Å². The molecular formula is C26H25ClF2N2O6S. The Hall–Kier alpha value is -3.04. The maximum absolute atomic E-state index is 14.8. The second-order valence-electron chi connectivity index (χ2n) is 9.21. The average Bonchev–Trinajstić information content (AvgIpc) is 3.29. The van der Waals surface area contributed by atoms with E-state index in [9.17, 15) is 26.8 Å². The van der Waals surface area contributed by atoms with E-state index in [2.05, 4.69) is 11.2 Å². The number of benzene rings is 2. The fourth-order valence-corrected chi connectivity index (χ4v) is 5.80. The predicted octanol–water partition coefficient (Wildman–Crippen LogP) is 2.35. The van der Waals surface area contributed by atoms with Crippen LogP contribution in [0.3, 0.4) is 0 Å². The lowest BCUT2D eigenvalue weighted by molar-refractivity contribution is -0.128. The van der Waals surface area contributed by atoms with Crippen LogP contribution >= 0.6 is 11.6 Å². The number of terminal acetylenes is 1. The highest BCUT2D eigenvalue weighted by Gasteiger charge is 2.42. The van der Waals surface area contributed by atoms with Crippen LogP contribution in [-0.2, 0) is 19.4 Å². The molecule has 3 atom stereocenters. The van der Waals surface area contributed by atoms with Crippen LogP contribution in [-0.4, -0.2) is 68.4 Å². The quantitative estimate of drug-likeness (QED) is 0.375. The number of sulfone groups is 1. The fraction of sp³-hybridized carbons (Fsp3) is 0.385. The van der Waals surface area contributed by atoms with Crippen molar-refractivity contribution in [3.8, 4) is 12.3 Å². The molecule has 8 nitrogen and oxygen atoms in total. The van der Waals surface area contributed by atoms with Crippen molar-refractivity contribution in [2.24, 2.45) is 11.8 Å². The van der Waals surface area contributed by atoms with Gasteiger partial charge in [0.1, 0.15) is 17.7 Å². The maximum Gasteiger partial charge on any atom is 0.254 e. The Bertz CT molecular complexity index is 1390. The predicted molar refractivity (Wildman–Crippen MR) is 134 cm³/mol. The van der Waals surface area contributed by atoms with Crippen LogP contribution in [0.15, 0.2) is 41.3 Å². The Kier molecular flexibility index (Phi) is 8.37. The number of nitrogens with zero attached hydrogens (tertiary/aromatic N) is 1. The first-order valence-electron chi connectivity index (χ1n) is 11.8. The number of carbonyl (C=O) groups is 2. The van der Waals surface area contributed by atoms with E-state index in [0.29, 0.717) is 0 Å². The smallest absolute Gasteiger partial charge is 0.254 e. The number of aliphatic hydroxyl groups is 1. The summed E-state index contributed by atoms with van der Waals surface area (Å²) >= 11 is 5.69. The van der Waals surface area contributed by atoms with Crippen LogP contribution in [0.25, 0.3) is 0 Å². The molecule has 2 fully saturated rings. The first kappa shape index (κ1) is 28.0. The van der Waals surface area contributed by atoms with E-state index in [4.69, 9.17) is 27.9 Å². The van der Waals surface area contributed by atoms with Crippen LogP contribution in [0.2, 0.25) is 5.02 Å². The van der Waals surface area contributed by atoms with Crippen molar-refractivity contribution >= 4 is 33.3 Å². The Balaban J connectivity index is 1.61. The van der Waals surface area contributed by atoms with E-state index in [1.165, 1.54) is 29.2 Å². The van der Waals surface area contributed by atoms with Gasteiger partial charge in [-0.2, -0.15) is 0 Å². The molecular weight excluding hydrogens is 542 g/mol. The molecule has 2 amide bonds. The summed E-state index contributed by atoms with van der Waals surface area (Å²) in [6.45, 7) is -0.111. The fourth-order valence-electron chi connectivity index (χ4n) is 4.58. The van der Waals surface area contributed by atoms with E-state index in [1.54, 1.807) is 0 Å². The maximum atomic E-state index is 14.8. The van der Waals surface area contributed by atoms with Crippen molar-refractivity contribution in [2.75, 3.05) is 32.1 Å². The number of amides is 2. The van der Waals surface area contributed by atoms with Gasteiger partial charge in [0.25, 0.3) is 5.91 Å². The zero-order valence-electron chi connectivity index (χ0n) is 20.1. The first-order valence-corrected chi connectivity index (χ1v) is 13.8. The van der Waals surface area contributed by atoms with Crippen LogP contribution < -0.4 is 5.32 Å². The molecule has 202 valence electrons. The van der Waals surface area contributed by atoms with Gasteiger partial charge in [-0.05, 0) is 36.8 Å². The lowest BCUT2D eigenvalue weighted by Gasteiger charge is -2.36. The molecule has 0 spiro atoms. The number of ether oxygens (including phenoxy) is 1. The molecule has 12 heteroatoms. The second kappa shape index (κ2) is 11.4. The molecule has 0 bridgehead atoms. The zero-order chi connectivity index (χ0) is 27.6. The van der Waals surface area contributed by atoms with Crippen molar-refractivity contribution in [1.29, 1.82) is 0 Å². The number of halogens is 3. The van der Waals surface area contributed by atoms with Crippen LogP contribution in [0.5, 0.6) is 0 Å². The summed E-state index contributed by atoms with van der Waals surface area (Å²) in [7, 11) is -3.82. The van der Waals surface area contributed by atoms with Gasteiger partial charge < -0.3 is 20.1 Å². The summed E-state index contributed by atoms with van der Waals surface area (Å²) in [5, 5.41) is 11.4. The van der Waals surface area contributed by atoms with Gasteiger partial charge in [-0.3, -0.25) is 9.59 Å². The van der Waals surface area contributed by atoms with Crippen molar-refractivity contribution in [3.63, 3.8) is 0 Å². The number of carbonyl (C=O) groups excluding carboxylic acids is 2. The van der Waals surface area contributed by atoms with E-state index >= 15 is 0 Å². The standard InChI is InChI=1S/C26H25ClF2N2O6S/c1-2-15-8-23(31(12-15)26(34)16-4-3-5-18(9-16)38(35,36)7-6-32)25(33)30-24(17-13-37-14-17)19-10-22(29)20(27)11-21(19)28/h1,3-5,9-11,15,17,23-24,32H,6-8,12-14H2,(H,30,33)/t15-,23-,24-/m1/s1. The molecule has 0 aliphatic carbocycles. The third-order valence-corrected chi connectivity index (χ3v) is 8.69. The Morgan fingerprint density at radius 2 is 1.97 bits per heavy atom. The monoisotopic (exact) mass is 566 g/mol. The molecule has 0 aromatic heterocycles. The number of hydrogen-bond acceptors (Lipinski definition) is 6. The third kappa shape index (κ3) is 5.68. The third-order valence-electron chi connectivity index (χ3n) is 6.71. The van der Waals surface area contributed by atoms with Crippen molar-refractivity contribution in [1.82, 2.24) is 10.2 Å². The molecule has 38 heavy (non-hydrogen) atoms. The van der Waals surface area contributed by atoms with E-state index < -0.39 is 68.7 Å². The minimum Gasteiger partial charge on any atom is -0.395 e. The van der Waals surface area contributed by atoms with Gasteiger partial charge in [0.15, 0.2) is 9.84 Å².